The maximum absolute atomic E-state index is 13.2. The fraction of sp³-hybridized carbons (Fsp3) is 0.143. The molecule has 1 aromatic carbocycles. The summed E-state index contributed by atoms with van der Waals surface area (Å²) < 4.78 is 53.2. The van der Waals surface area contributed by atoms with Gasteiger partial charge in [-0.1, -0.05) is 12.1 Å². The Balaban J connectivity index is 2.10. The molecule has 0 atom stereocenters. The van der Waals surface area contributed by atoms with Crippen LogP contribution in [0.15, 0.2) is 41.3 Å². The number of imidazole rings is 1. The van der Waals surface area contributed by atoms with Crippen LogP contribution < -0.4 is 0 Å². The molecule has 3 aromatic rings. The van der Waals surface area contributed by atoms with Crippen LogP contribution in [0, 0.1) is 5.82 Å². The number of hydrogen-bond donors (Lipinski definition) is 0. The highest BCUT2D eigenvalue weighted by Crippen LogP contribution is 2.29. The van der Waals surface area contributed by atoms with Gasteiger partial charge in [-0.25, -0.2) is 14.4 Å². The van der Waals surface area contributed by atoms with Crippen LogP contribution in [0.2, 0.25) is 0 Å². The number of alkyl halides is 3. The minimum Gasteiger partial charge on any atom is -0.302 e. The molecule has 0 amide bonds. The molecule has 0 spiro atoms. The first-order valence-electron chi connectivity index (χ1n) is 6.19. The highest BCUT2D eigenvalue weighted by molar-refractivity contribution is 9.10. The second-order valence-electron chi connectivity index (χ2n) is 4.67. The van der Waals surface area contributed by atoms with Crippen molar-refractivity contribution in [1.29, 1.82) is 0 Å². The van der Waals surface area contributed by atoms with Gasteiger partial charge in [-0.2, -0.15) is 13.2 Å². The van der Waals surface area contributed by atoms with E-state index in [4.69, 9.17) is 0 Å². The average Bonchev–Trinajstić information content (AvgIpc) is 2.82. The first-order valence-corrected chi connectivity index (χ1v) is 6.98. The minimum absolute atomic E-state index is 0.0970. The summed E-state index contributed by atoms with van der Waals surface area (Å²) in [5, 5.41) is 0. The number of fused-ring (bicyclic) bond motifs is 1. The summed E-state index contributed by atoms with van der Waals surface area (Å²) in [5.41, 5.74) is 0.0345. The molecular weight excluding hydrogens is 366 g/mol. The normalized spacial score (nSPS) is 12.0. The molecule has 8 heteroatoms. The van der Waals surface area contributed by atoms with E-state index in [9.17, 15) is 17.6 Å². The van der Waals surface area contributed by atoms with Crippen molar-refractivity contribution in [1.82, 2.24) is 14.4 Å². The summed E-state index contributed by atoms with van der Waals surface area (Å²) in [7, 11) is 0. The Morgan fingerprint density at radius 3 is 2.59 bits per heavy atom. The number of hydrogen-bond acceptors (Lipinski definition) is 2. The van der Waals surface area contributed by atoms with Crippen LogP contribution in [0.1, 0.15) is 17.0 Å². The fourth-order valence-corrected chi connectivity index (χ4v) is 2.56. The van der Waals surface area contributed by atoms with E-state index in [0.29, 0.717) is 15.9 Å². The monoisotopic (exact) mass is 373 g/mol. The number of rotatable bonds is 2. The Bertz CT molecular complexity index is 842. The van der Waals surface area contributed by atoms with Gasteiger partial charge in [0.15, 0.2) is 11.3 Å². The lowest BCUT2D eigenvalue weighted by Gasteiger charge is -2.04. The molecule has 0 aliphatic carbocycles. The van der Waals surface area contributed by atoms with Crippen molar-refractivity contribution in [3.05, 3.63) is 64.0 Å². The zero-order valence-electron chi connectivity index (χ0n) is 10.9. The molecule has 0 aliphatic rings. The first kappa shape index (κ1) is 15.0. The molecule has 3 rings (SSSR count). The van der Waals surface area contributed by atoms with Gasteiger partial charge in [0.25, 0.3) is 0 Å². The summed E-state index contributed by atoms with van der Waals surface area (Å²) in [5.74, 6) is -0.414. The van der Waals surface area contributed by atoms with Crippen molar-refractivity contribution < 1.29 is 17.6 Å². The molecule has 0 aliphatic heterocycles. The SMILES string of the molecule is Fc1cccc(Cc2nc(Br)cn3cc(C(F)(F)F)nc23)c1. The highest BCUT2D eigenvalue weighted by Gasteiger charge is 2.34. The van der Waals surface area contributed by atoms with Gasteiger partial charge in [0.05, 0.1) is 5.69 Å². The summed E-state index contributed by atoms with van der Waals surface area (Å²) in [4.78, 5) is 7.77. The number of nitrogens with zero attached hydrogens (tertiary/aromatic N) is 3. The number of aromatic nitrogens is 3. The molecule has 0 fully saturated rings. The zero-order chi connectivity index (χ0) is 15.9. The van der Waals surface area contributed by atoms with E-state index >= 15 is 0 Å². The average molecular weight is 374 g/mol. The van der Waals surface area contributed by atoms with Gasteiger partial charge >= 0.3 is 6.18 Å². The van der Waals surface area contributed by atoms with E-state index in [1.165, 1.54) is 28.8 Å². The van der Waals surface area contributed by atoms with Gasteiger partial charge in [-0.3, -0.25) is 0 Å². The van der Waals surface area contributed by atoms with E-state index in [1.54, 1.807) is 6.07 Å². The van der Waals surface area contributed by atoms with E-state index in [-0.39, 0.29) is 12.1 Å². The van der Waals surface area contributed by atoms with Gasteiger partial charge in [0, 0.05) is 18.8 Å². The quantitative estimate of drug-likeness (QED) is 0.629. The topological polar surface area (TPSA) is 30.2 Å². The van der Waals surface area contributed by atoms with Crippen LogP contribution in [0.3, 0.4) is 0 Å². The van der Waals surface area contributed by atoms with Crippen LogP contribution >= 0.6 is 15.9 Å². The van der Waals surface area contributed by atoms with Gasteiger partial charge in [-0.05, 0) is 33.6 Å². The predicted octanol–water partition coefficient (Wildman–Crippen LogP) is 4.24. The van der Waals surface area contributed by atoms with Crippen molar-refractivity contribution in [2.24, 2.45) is 0 Å². The summed E-state index contributed by atoms with van der Waals surface area (Å²) in [6.07, 6.45) is -2.06. The van der Waals surface area contributed by atoms with Gasteiger partial charge < -0.3 is 4.40 Å². The molecule has 0 saturated heterocycles. The Morgan fingerprint density at radius 1 is 1.14 bits per heavy atom. The van der Waals surface area contributed by atoms with Gasteiger partial charge in [-0.15, -0.1) is 0 Å². The number of benzene rings is 1. The lowest BCUT2D eigenvalue weighted by Crippen LogP contribution is -2.04. The smallest absolute Gasteiger partial charge is 0.302 e. The van der Waals surface area contributed by atoms with E-state index in [0.717, 1.165) is 6.20 Å². The summed E-state index contributed by atoms with van der Waals surface area (Å²) >= 11 is 3.16. The molecule has 114 valence electrons. The van der Waals surface area contributed by atoms with Crippen LogP contribution in [0.4, 0.5) is 17.6 Å². The Morgan fingerprint density at radius 2 is 1.91 bits per heavy atom. The molecule has 2 aromatic heterocycles. The maximum Gasteiger partial charge on any atom is 0.434 e. The third-order valence-electron chi connectivity index (χ3n) is 3.03. The molecule has 0 radical (unpaired) electrons. The Hall–Kier alpha value is -1.96. The molecule has 0 saturated carbocycles. The molecule has 0 N–H and O–H groups in total. The van der Waals surface area contributed by atoms with Crippen molar-refractivity contribution in [3.63, 3.8) is 0 Å². The standard InChI is InChI=1S/C14H8BrF4N3/c15-12-7-22-6-11(14(17,18)19)21-13(22)10(20-12)5-8-2-1-3-9(16)4-8/h1-4,6-7H,5H2. The van der Waals surface area contributed by atoms with Crippen LogP contribution in [-0.2, 0) is 12.6 Å². The molecule has 3 nitrogen and oxygen atoms in total. The maximum atomic E-state index is 13.2. The first-order chi connectivity index (χ1) is 10.3. The van der Waals surface area contributed by atoms with Crippen LogP contribution in [-0.4, -0.2) is 14.4 Å². The molecular formula is C14H8BrF4N3. The zero-order valence-corrected chi connectivity index (χ0v) is 12.5. The third kappa shape index (κ3) is 2.96. The summed E-state index contributed by atoms with van der Waals surface area (Å²) in [6.45, 7) is 0. The van der Waals surface area contributed by atoms with Gasteiger partial charge in [0.1, 0.15) is 10.4 Å². The highest BCUT2D eigenvalue weighted by atomic mass is 79.9. The van der Waals surface area contributed by atoms with Crippen molar-refractivity contribution >= 4 is 21.6 Å². The van der Waals surface area contributed by atoms with Crippen LogP contribution in [0.5, 0.6) is 0 Å². The molecule has 22 heavy (non-hydrogen) atoms. The van der Waals surface area contributed by atoms with E-state index in [1.807, 2.05) is 0 Å². The lowest BCUT2D eigenvalue weighted by molar-refractivity contribution is -0.140. The van der Waals surface area contributed by atoms with Crippen LogP contribution in [0.25, 0.3) is 5.65 Å². The van der Waals surface area contributed by atoms with E-state index < -0.39 is 17.7 Å². The minimum atomic E-state index is -4.53. The fourth-order valence-electron chi connectivity index (χ4n) is 2.12. The second kappa shape index (κ2) is 5.35. The molecule has 0 unspecified atom stereocenters. The Labute approximate surface area is 130 Å². The lowest BCUT2D eigenvalue weighted by atomic mass is 10.1. The summed E-state index contributed by atoms with van der Waals surface area (Å²) in [6, 6.07) is 5.82. The molecule has 2 heterocycles. The van der Waals surface area contributed by atoms with E-state index in [2.05, 4.69) is 25.9 Å². The van der Waals surface area contributed by atoms with Crippen molar-refractivity contribution in [2.45, 2.75) is 12.6 Å². The van der Waals surface area contributed by atoms with Gasteiger partial charge in [0.2, 0.25) is 0 Å². The predicted molar refractivity (Wildman–Crippen MR) is 74.9 cm³/mol. The van der Waals surface area contributed by atoms with Crippen molar-refractivity contribution in [3.8, 4) is 0 Å². The largest absolute Gasteiger partial charge is 0.434 e. The number of halogens is 5. The third-order valence-corrected chi connectivity index (χ3v) is 3.41. The second-order valence-corrected chi connectivity index (χ2v) is 5.48. The molecule has 0 bridgehead atoms. The van der Waals surface area contributed by atoms with Crippen molar-refractivity contribution in [2.75, 3.05) is 0 Å². The Kier molecular flexibility index (Phi) is 3.64.